The van der Waals surface area contributed by atoms with Crippen molar-refractivity contribution in [2.75, 3.05) is 26.8 Å². The summed E-state index contributed by atoms with van der Waals surface area (Å²) in [6.45, 7) is 6.77. The molecule has 1 atom stereocenters. The highest BCUT2D eigenvalue weighted by Crippen LogP contribution is 2.04. The second kappa shape index (κ2) is 9.50. The Hall–Kier alpha value is -1.39. The summed E-state index contributed by atoms with van der Waals surface area (Å²) < 4.78 is 5.02. The maximum Gasteiger partial charge on any atom is 0.234 e. The SMILES string of the molecule is CCCN(CC(=O)NC(C)COC)Cc1ccccc1. The number of carbonyl (C=O) groups excluding carboxylic acids is 1. The summed E-state index contributed by atoms with van der Waals surface area (Å²) in [5, 5.41) is 2.95. The van der Waals surface area contributed by atoms with Crippen LogP contribution in [0, 0.1) is 0 Å². The average molecular weight is 278 g/mol. The number of hydrogen-bond donors (Lipinski definition) is 1. The highest BCUT2D eigenvalue weighted by atomic mass is 16.5. The topological polar surface area (TPSA) is 41.6 Å². The molecular formula is C16H26N2O2. The molecule has 1 aromatic carbocycles. The van der Waals surface area contributed by atoms with Crippen molar-refractivity contribution in [3.63, 3.8) is 0 Å². The minimum atomic E-state index is 0.0488. The molecule has 0 aliphatic carbocycles. The molecule has 1 aromatic rings. The van der Waals surface area contributed by atoms with Crippen LogP contribution < -0.4 is 5.32 Å². The first-order valence-corrected chi connectivity index (χ1v) is 7.20. The first-order valence-electron chi connectivity index (χ1n) is 7.20. The fourth-order valence-electron chi connectivity index (χ4n) is 2.19. The molecule has 20 heavy (non-hydrogen) atoms. The molecule has 0 bridgehead atoms. The quantitative estimate of drug-likeness (QED) is 0.751. The fourth-order valence-corrected chi connectivity index (χ4v) is 2.19. The van der Waals surface area contributed by atoms with Gasteiger partial charge in [-0.05, 0) is 25.5 Å². The highest BCUT2D eigenvalue weighted by Gasteiger charge is 2.12. The molecule has 0 saturated carbocycles. The van der Waals surface area contributed by atoms with Crippen molar-refractivity contribution in [3.8, 4) is 0 Å². The van der Waals surface area contributed by atoms with Crippen LogP contribution in [0.3, 0.4) is 0 Å². The van der Waals surface area contributed by atoms with Gasteiger partial charge >= 0.3 is 0 Å². The Kier molecular flexibility index (Phi) is 7.92. The van der Waals surface area contributed by atoms with E-state index < -0.39 is 0 Å². The lowest BCUT2D eigenvalue weighted by Gasteiger charge is -2.22. The first-order chi connectivity index (χ1) is 9.65. The van der Waals surface area contributed by atoms with Crippen molar-refractivity contribution in [1.29, 1.82) is 0 Å². The number of rotatable bonds is 9. The van der Waals surface area contributed by atoms with Crippen LogP contribution in [0.25, 0.3) is 0 Å². The Morgan fingerprint density at radius 3 is 2.65 bits per heavy atom. The monoisotopic (exact) mass is 278 g/mol. The van der Waals surface area contributed by atoms with Gasteiger partial charge in [0, 0.05) is 19.7 Å². The smallest absolute Gasteiger partial charge is 0.234 e. The summed E-state index contributed by atoms with van der Waals surface area (Å²) in [7, 11) is 1.64. The summed E-state index contributed by atoms with van der Waals surface area (Å²) >= 11 is 0. The Balaban J connectivity index is 2.47. The minimum Gasteiger partial charge on any atom is -0.383 e. The van der Waals surface area contributed by atoms with E-state index in [1.807, 2.05) is 25.1 Å². The normalized spacial score (nSPS) is 12.4. The van der Waals surface area contributed by atoms with E-state index in [0.717, 1.165) is 19.5 Å². The van der Waals surface area contributed by atoms with Crippen LogP contribution in [0.5, 0.6) is 0 Å². The Morgan fingerprint density at radius 1 is 1.35 bits per heavy atom. The van der Waals surface area contributed by atoms with E-state index in [-0.39, 0.29) is 11.9 Å². The number of methoxy groups -OCH3 is 1. The molecule has 1 amide bonds. The number of benzene rings is 1. The third kappa shape index (κ3) is 6.68. The zero-order chi connectivity index (χ0) is 14.8. The van der Waals surface area contributed by atoms with Gasteiger partial charge in [0.05, 0.1) is 13.2 Å². The van der Waals surface area contributed by atoms with Crippen molar-refractivity contribution in [2.45, 2.75) is 32.9 Å². The minimum absolute atomic E-state index is 0.0488. The molecule has 0 aliphatic rings. The largest absolute Gasteiger partial charge is 0.383 e. The van der Waals surface area contributed by atoms with Crippen LogP contribution in [-0.4, -0.2) is 43.7 Å². The van der Waals surface area contributed by atoms with Crippen LogP contribution in [0.1, 0.15) is 25.8 Å². The second-order valence-corrected chi connectivity index (χ2v) is 5.12. The Morgan fingerprint density at radius 2 is 2.05 bits per heavy atom. The van der Waals surface area contributed by atoms with E-state index in [2.05, 4.69) is 29.3 Å². The van der Waals surface area contributed by atoms with Crippen LogP contribution in [-0.2, 0) is 16.1 Å². The molecule has 1 unspecified atom stereocenters. The molecule has 0 fully saturated rings. The average Bonchev–Trinajstić information content (AvgIpc) is 2.40. The zero-order valence-corrected chi connectivity index (χ0v) is 12.8. The molecule has 0 radical (unpaired) electrons. The maximum atomic E-state index is 12.0. The molecule has 1 rings (SSSR count). The van der Waals surface area contributed by atoms with E-state index >= 15 is 0 Å². The molecule has 4 nitrogen and oxygen atoms in total. The number of ether oxygens (including phenoxy) is 1. The predicted molar refractivity (Wildman–Crippen MR) is 81.5 cm³/mol. The van der Waals surface area contributed by atoms with Gasteiger partial charge in [0.25, 0.3) is 0 Å². The summed E-state index contributed by atoms with van der Waals surface area (Å²) in [5.41, 5.74) is 1.23. The molecular weight excluding hydrogens is 252 g/mol. The summed E-state index contributed by atoms with van der Waals surface area (Å²) in [4.78, 5) is 14.2. The van der Waals surface area contributed by atoms with E-state index in [1.54, 1.807) is 7.11 Å². The van der Waals surface area contributed by atoms with Gasteiger partial charge in [0.2, 0.25) is 5.91 Å². The van der Waals surface area contributed by atoms with Gasteiger partial charge < -0.3 is 10.1 Å². The van der Waals surface area contributed by atoms with E-state index in [9.17, 15) is 4.79 Å². The Bertz CT molecular complexity index is 381. The van der Waals surface area contributed by atoms with Crippen molar-refractivity contribution in [3.05, 3.63) is 35.9 Å². The number of nitrogens with one attached hydrogen (secondary N) is 1. The van der Waals surface area contributed by atoms with Gasteiger partial charge in [-0.1, -0.05) is 37.3 Å². The van der Waals surface area contributed by atoms with Gasteiger partial charge in [-0.15, -0.1) is 0 Å². The van der Waals surface area contributed by atoms with Gasteiger partial charge in [0.15, 0.2) is 0 Å². The highest BCUT2D eigenvalue weighted by molar-refractivity contribution is 5.78. The fraction of sp³-hybridized carbons (Fsp3) is 0.562. The summed E-state index contributed by atoms with van der Waals surface area (Å²) in [5.74, 6) is 0.0546. The maximum absolute atomic E-state index is 12.0. The van der Waals surface area contributed by atoms with Gasteiger partial charge in [-0.25, -0.2) is 0 Å². The number of amides is 1. The van der Waals surface area contributed by atoms with Crippen LogP contribution in [0.4, 0.5) is 0 Å². The van der Waals surface area contributed by atoms with Crippen LogP contribution in [0.15, 0.2) is 30.3 Å². The summed E-state index contributed by atoms with van der Waals surface area (Å²) in [6.07, 6.45) is 1.04. The molecule has 0 spiro atoms. The van der Waals surface area contributed by atoms with E-state index in [4.69, 9.17) is 4.74 Å². The lowest BCUT2D eigenvalue weighted by atomic mass is 10.2. The van der Waals surface area contributed by atoms with E-state index in [0.29, 0.717) is 13.2 Å². The second-order valence-electron chi connectivity index (χ2n) is 5.12. The lowest BCUT2D eigenvalue weighted by molar-refractivity contribution is -0.123. The molecule has 0 aromatic heterocycles. The van der Waals surface area contributed by atoms with E-state index in [1.165, 1.54) is 5.56 Å². The van der Waals surface area contributed by atoms with Crippen molar-refractivity contribution in [2.24, 2.45) is 0 Å². The van der Waals surface area contributed by atoms with Crippen molar-refractivity contribution >= 4 is 5.91 Å². The standard InChI is InChI=1S/C16H26N2O2/c1-4-10-18(11-15-8-6-5-7-9-15)12-16(19)17-14(2)13-20-3/h5-9,14H,4,10-13H2,1-3H3,(H,17,19). The van der Waals surface area contributed by atoms with Crippen LogP contribution >= 0.6 is 0 Å². The lowest BCUT2D eigenvalue weighted by Crippen LogP contribution is -2.42. The number of carbonyl (C=O) groups is 1. The Labute approximate surface area is 122 Å². The van der Waals surface area contributed by atoms with Crippen molar-refractivity contribution < 1.29 is 9.53 Å². The molecule has 0 aliphatic heterocycles. The molecule has 0 saturated heterocycles. The number of nitrogens with zero attached hydrogens (tertiary/aromatic N) is 1. The molecule has 0 heterocycles. The summed E-state index contributed by atoms with van der Waals surface area (Å²) in [6, 6.07) is 10.3. The number of hydrogen-bond acceptors (Lipinski definition) is 3. The zero-order valence-electron chi connectivity index (χ0n) is 12.8. The molecule has 112 valence electrons. The van der Waals surface area contributed by atoms with Gasteiger partial charge in [-0.3, -0.25) is 9.69 Å². The van der Waals surface area contributed by atoms with Crippen LogP contribution in [0.2, 0.25) is 0 Å². The third-order valence-electron chi connectivity index (χ3n) is 2.98. The van der Waals surface area contributed by atoms with Crippen molar-refractivity contribution in [1.82, 2.24) is 10.2 Å². The molecule has 4 heteroatoms. The van der Waals surface area contributed by atoms with Gasteiger partial charge in [0.1, 0.15) is 0 Å². The third-order valence-corrected chi connectivity index (χ3v) is 2.98. The van der Waals surface area contributed by atoms with Gasteiger partial charge in [-0.2, -0.15) is 0 Å². The molecule has 1 N–H and O–H groups in total. The predicted octanol–water partition coefficient (Wildman–Crippen LogP) is 2.05. The first kappa shape index (κ1) is 16.7.